The lowest BCUT2D eigenvalue weighted by Crippen LogP contribution is -1.74. The highest BCUT2D eigenvalue weighted by atomic mass is 79.9. The van der Waals surface area contributed by atoms with Crippen LogP contribution < -0.4 is 0 Å². The van der Waals surface area contributed by atoms with Crippen LogP contribution >= 0.6 is 32.1 Å². The number of halogens is 2. The molecular formula is C2HBr2N3. The van der Waals surface area contributed by atoms with Crippen molar-refractivity contribution < 1.29 is 0 Å². The summed E-state index contributed by atoms with van der Waals surface area (Å²) in [6.45, 7) is 0. The molecule has 7 heavy (non-hydrogen) atoms. The molecule has 0 amide bonds. The van der Waals surface area contributed by atoms with E-state index in [1.54, 1.807) is 6.33 Å². The third kappa shape index (κ3) is 1.24. The van der Waals surface area contributed by atoms with Gasteiger partial charge in [0.25, 0.3) is 0 Å². The van der Waals surface area contributed by atoms with E-state index in [1.807, 2.05) is 0 Å². The van der Waals surface area contributed by atoms with Crippen molar-refractivity contribution in [2.75, 3.05) is 0 Å². The number of aromatic nitrogens is 3. The molecule has 0 fully saturated rings. The van der Waals surface area contributed by atoms with Crippen LogP contribution in [-0.4, -0.2) is 13.8 Å². The molecule has 38 valence electrons. The quantitative estimate of drug-likeness (QED) is 0.666. The Hall–Kier alpha value is 0.1000. The molecule has 0 saturated carbocycles. The first kappa shape index (κ1) is 5.24. The van der Waals surface area contributed by atoms with E-state index < -0.39 is 0 Å². The first-order chi connectivity index (χ1) is 3.29. The van der Waals surface area contributed by atoms with Gasteiger partial charge in [0.2, 0.25) is 4.73 Å². The smallest absolute Gasteiger partial charge is 0.208 e. The first-order valence-electron chi connectivity index (χ1n) is 1.52. The van der Waals surface area contributed by atoms with Crippen LogP contribution in [-0.2, 0) is 0 Å². The van der Waals surface area contributed by atoms with Crippen molar-refractivity contribution in [1.82, 2.24) is 13.8 Å². The van der Waals surface area contributed by atoms with Gasteiger partial charge in [-0.25, -0.2) is 4.98 Å². The topological polar surface area (TPSA) is 30.7 Å². The maximum Gasteiger partial charge on any atom is 0.218 e. The molecule has 0 saturated heterocycles. The van der Waals surface area contributed by atoms with Gasteiger partial charge in [0.05, 0.1) is 16.1 Å². The lowest BCUT2D eigenvalue weighted by molar-refractivity contribution is 1.01. The molecule has 0 N–H and O–H groups in total. The van der Waals surface area contributed by atoms with Crippen LogP contribution in [0.3, 0.4) is 0 Å². The number of rotatable bonds is 0. The van der Waals surface area contributed by atoms with E-state index in [1.165, 1.54) is 3.71 Å². The van der Waals surface area contributed by atoms with Crippen LogP contribution in [0.5, 0.6) is 0 Å². The van der Waals surface area contributed by atoms with Crippen molar-refractivity contribution in [3.63, 3.8) is 0 Å². The molecule has 3 nitrogen and oxygen atoms in total. The first-order valence-corrected chi connectivity index (χ1v) is 3.02. The van der Waals surface area contributed by atoms with E-state index in [0.717, 1.165) is 0 Å². The van der Waals surface area contributed by atoms with Gasteiger partial charge in [-0.2, -0.15) is 3.71 Å². The summed E-state index contributed by atoms with van der Waals surface area (Å²) in [6, 6.07) is 0. The standard InChI is InChI=1S/C2HBr2N3/c3-2-5-1-7(4)6-2/h1H. The fourth-order valence-corrected chi connectivity index (χ4v) is 0.943. The van der Waals surface area contributed by atoms with Crippen LogP contribution in [0.25, 0.3) is 0 Å². The molecule has 0 aliphatic rings. The number of hydrogen-bond acceptors (Lipinski definition) is 2. The Morgan fingerprint density at radius 3 is 2.57 bits per heavy atom. The molecule has 0 aliphatic carbocycles. The summed E-state index contributed by atoms with van der Waals surface area (Å²) in [5.74, 6) is 0. The summed E-state index contributed by atoms with van der Waals surface area (Å²) >= 11 is 6.10. The molecule has 0 radical (unpaired) electrons. The molecule has 5 heteroatoms. The van der Waals surface area contributed by atoms with Crippen LogP contribution in [0.15, 0.2) is 11.1 Å². The zero-order valence-electron chi connectivity index (χ0n) is 3.17. The molecule has 0 spiro atoms. The second-order valence-corrected chi connectivity index (χ2v) is 2.34. The minimum Gasteiger partial charge on any atom is -0.208 e. The van der Waals surface area contributed by atoms with Crippen LogP contribution in [0.4, 0.5) is 0 Å². The Bertz CT molecular complexity index is 143. The molecule has 1 heterocycles. The summed E-state index contributed by atoms with van der Waals surface area (Å²) in [7, 11) is 0. The normalized spacial score (nSPS) is 9.43. The fourth-order valence-electron chi connectivity index (χ4n) is 0.226. The second-order valence-electron chi connectivity index (χ2n) is 0.902. The van der Waals surface area contributed by atoms with E-state index in [2.05, 4.69) is 42.2 Å². The van der Waals surface area contributed by atoms with E-state index in [9.17, 15) is 0 Å². The number of nitrogens with zero attached hydrogens (tertiary/aromatic N) is 3. The largest absolute Gasteiger partial charge is 0.218 e. The van der Waals surface area contributed by atoms with Crippen molar-refractivity contribution in [1.29, 1.82) is 0 Å². The average molecular weight is 227 g/mol. The van der Waals surface area contributed by atoms with Gasteiger partial charge in [0.1, 0.15) is 6.33 Å². The van der Waals surface area contributed by atoms with Gasteiger partial charge in [0.15, 0.2) is 0 Å². The van der Waals surface area contributed by atoms with E-state index in [4.69, 9.17) is 0 Å². The zero-order chi connectivity index (χ0) is 5.28. The Morgan fingerprint density at radius 2 is 2.43 bits per heavy atom. The maximum absolute atomic E-state index is 3.75. The third-order valence-corrected chi connectivity index (χ3v) is 1.14. The highest BCUT2D eigenvalue weighted by Gasteiger charge is 1.87. The summed E-state index contributed by atoms with van der Waals surface area (Å²) in [4.78, 5) is 3.74. The molecule has 0 unspecified atom stereocenters. The highest BCUT2D eigenvalue weighted by Crippen LogP contribution is 1.99. The summed E-state index contributed by atoms with van der Waals surface area (Å²) in [5.41, 5.74) is 0. The molecule has 0 atom stereocenters. The van der Waals surface area contributed by atoms with Crippen molar-refractivity contribution in [3.05, 3.63) is 11.1 Å². The second kappa shape index (κ2) is 1.92. The van der Waals surface area contributed by atoms with Gasteiger partial charge in [-0.05, 0) is 15.9 Å². The fraction of sp³-hybridized carbons (Fsp3) is 0. The lowest BCUT2D eigenvalue weighted by Gasteiger charge is -1.71. The Labute approximate surface area is 57.2 Å². The molecule has 1 aromatic rings. The van der Waals surface area contributed by atoms with Gasteiger partial charge in [-0.15, -0.1) is 5.10 Å². The third-order valence-electron chi connectivity index (χ3n) is 0.438. The van der Waals surface area contributed by atoms with Gasteiger partial charge < -0.3 is 0 Å². The van der Waals surface area contributed by atoms with Crippen molar-refractivity contribution in [3.8, 4) is 0 Å². The van der Waals surface area contributed by atoms with E-state index in [-0.39, 0.29) is 0 Å². The Morgan fingerprint density at radius 1 is 1.71 bits per heavy atom. The Kier molecular flexibility index (Phi) is 1.43. The zero-order valence-corrected chi connectivity index (χ0v) is 6.35. The van der Waals surface area contributed by atoms with Crippen LogP contribution in [0, 0.1) is 0 Å². The maximum atomic E-state index is 3.75. The Balaban J connectivity index is 3.04. The minimum atomic E-state index is 0.587. The van der Waals surface area contributed by atoms with E-state index in [0.29, 0.717) is 4.73 Å². The van der Waals surface area contributed by atoms with Gasteiger partial charge in [-0.3, -0.25) is 0 Å². The van der Waals surface area contributed by atoms with Crippen LogP contribution in [0.1, 0.15) is 0 Å². The van der Waals surface area contributed by atoms with Crippen molar-refractivity contribution in [2.45, 2.75) is 0 Å². The predicted molar refractivity (Wildman–Crippen MR) is 32.0 cm³/mol. The highest BCUT2D eigenvalue weighted by molar-refractivity contribution is 9.10. The molecule has 0 bridgehead atoms. The molecule has 0 aromatic carbocycles. The predicted octanol–water partition coefficient (Wildman–Crippen LogP) is 1.20. The van der Waals surface area contributed by atoms with Gasteiger partial charge in [-0.1, -0.05) is 0 Å². The van der Waals surface area contributed by atoms with Crippen molar-refractivity contribution >= 4 is 32.1 Å². The van der Waals surface area contributed by atoms with Crippen molar-refractivity contribution in [2.24, 2.45) is 0 Å². The van der Waals surface area contributed by atoms with Crippen LogP contribution in [0.2, 0.25) is 0 Å². The molecule has 0 aliphatic heterocycles. The molecule has 1 aromatic heterocycles. The SMILES string of the molecule is Brc1ncn(Br)n1. The van der Waals surface area contributed by atoms with E-state index >= 15 is 0 Å². The summed E-state index contributed by atoms with van der Waals surface area (Å²) in [6.07, 6.45) is 1.55. The van der Waals surface area contributed by atoms with Gasteiger partial charge >= 0.3 is 0 Å². The minimum absolute atomic E-state index is 0.587. The lowest BCUT2D eigenvalue weighted by atomic mass is 11.3. The number of hydrogen-bond donors (Lipinski definition) is 0. The molecule has 1 rings (SSSR count). The molecular weight excluding hydrogens is 226 g/mol. The summed E-state index contributed by atoms with van der Waals surface area (Å²) in [5, 5.41) is 3.75. The average Bonchev–Trinajstić information content (AvgIpc) is 1.87. The monoisotopic (exact) mass is 225 g/mol. The van der Waals surface area contributed by atoms with Gasteiger partial charge in [0, 0.05) is 0 Å². The summed E-state index contributed by atoms with van der Waals surface area (Å²) < 4.78 is 2.03.